The normalized spacial score (nSPS) is 10.4. The van der Waals surface area contributed by atoms with Gasteiger partial charge in [0.25, 0.3) is 0 Å². The molecule has 0 aliphatic carbocycles. The quantitative estimate of drug-likeness (QED) is 0.596. The minimum absolute atomic E-state index is 0.145. The first-order valence-electron chi connectivity index (χ1n) is 8.43. The molecular formula is C20H20N2O5. The van der Waals surface area contributed by atoms with E-state index in [-0.39, 0.29) is 30.0 Å². The van der Waals surface area contributed by atoms with Crippen LogP contribution in [0.4, 0.5) is 5.69 Å². The summed E-state index contributed by atoms with van der Waals surface area (Å²) in [7, 11) is 0. The highest BCUT2D eigenvalue weighted by Gasteiger charge is 2.15. The molecule has 140 valence electrons. The molecule has 7 heteroatoms. The Hall–Kier alpha value is -3.48. The van der Waals surface area contributed by atoms with E-state index in [2.05, 4.69) is 10.3 Å². The number of aromatic nitrogens is 1. The summed E-state index contributed by atoms with van der Waals surface area (Å²) in [6.45, 7) is 3.74. The number of esters is 2. The van der Waals surface area contributed by atoms with Crippen molar-refractivity contribution in [3.63, 3.8) is 0 Å². The van der Waals surface area contributed by atoms with Crippen LogP contribution in [-0.2, 0) is 14.3 Å². The van der Waals surface area contributed by atoms with E-state index in [9.17, 15) is 14.4 Å². The Bertz CT molecular complexity index is 810. The molecule has 0 saturated carbocycles. The summed E-state index contributed by atoms with van der Waals surface area (Å²) < 4.78 is 9.92. The predicted octanol–water partition coefficient (Wildman–Crippen LogP) is 3.09. The maximum Gasteiger partial charge on any atom is 0.338 e. The lowest BCUT2D eigenvalue weighted by Gasteiger charge is -2.09. The van der Waals surface area contributed by atoms with Gasteiger partial charge in [-0.25, -0.2) is 9.59 Å². The molecule has 2 aromatic rings. The van der Waals surface area contributed by atoms with Gasteiger partial charge in [0.15, 0.2) is 0 Å². The van der Waals surface area contributed by atoms with Crippen LogP contribution in [0.2, 0.25) is 0 Å². The van der Waals surface area contributed by atoms with Crippen LogP contribution < -0.4 is 5.32 Å². The number of rotatable bonds is 7. The molecule has 0 bridgehead atoms. The minimum atomic E-state index is -0.594. The highest BCUT2D eigenvalue weighted by Crippen LogP contribution is 2.17. The third-order valence-corrected chi connectivity index (χ3v) is 3.32. The van der Waals surface area contributed by atoms with Gasteiger partial charge in [-0.1, -0.05) is 6.07 Å². The van der Waals surface area contributed by atoms with E-state index in [1.54, 1.807) is 44.3 Å². The van der Waals surface area contributed by atoms with Gasteiger partial charge in [0, 0.05) is 18.0 Å². The Morgan fingerprint density at radius 2 is 1.63 bits per heavy atom. The summed E-state index contributed by atoms with van der Waals surface area (Å²) in [5.74, 6) is -1.62. The molecule has 1 amide bonds. The molecule has 0 aliphatic rings. The Kier molecular flexibility index (Phi) is 7.25. The van der Waals surface area contributed by atoms with Gasteiger partial charge in [-0.2, -0.15) is 0 Å². The second-order valence-corrected chi connectivity index (χ2v) is 5.32. The number of ether oxygens (including phenoxy) is 2. The monoisotopic (exact) mass is 368 g/mol. The molecule has 0 unspecified atom stereocenters. The SMILES string of the molecule is CCOC(=O)c1cc(NC(=O)/C=C\c2ccccn2)cc(C(=O)OCC)c1. The Morgan fingerprint density at radius 3 is 2.15 bits per heavy atom. The lowest BCUT2D eigenvalue weighted by Crippen LogP contribution is -2.13. The fourth-order valence-electron chi connectivity index (χ4n) is 2.18. The smallest absolute Gasteiger partial charge is 0.338 e. The minimum Gasteiger partial charge on any atom is -0.462 e. The van der Waals surface area contributed by atoms with E-state index >= 15 is 0 Å². The van der Waals surface area contributed by atoms with Crippen LogP contribution in [0.1, 0.15) is 40.3 Å². The maximum atomic E-state index is 12.1. The van der Waals surface area contributed by atoms with E-state index in [0.717, 1.165) is 0 Å². The van der Waals surface area contributed by atoms with Gasteiger partial charge in [-0.3, -0.25) is 9.78 Å². The van der Waals surface area contributed by atoms with Crippen molar-refractivity contribution < 1.29 is 23.9 Å². The van der Waals surface area contributed by atoms with E-state index in [0.29, 0.717) is 5.69 Å². The zero-order chi connectivity index (χ0) is 19.6. The summed E-state index contributed by atoms with van der Waals surface area (Å²) in [6.07, 6.45) is 4.48. The van der Waals surface area contributed by atoms with Crippen molar-refractivity contribution in [1.82, 2.24) is 4.98 Å². The Labute approximate surface area is 157 Å². The van der Waals surface area contributed by atoms with E-state index in [1.807, 2.05) is 0 Å². The fraction of sp³-hybridized carbons (Fsp3) is 0.200. The number of anilines is 1. The molecule has 7 nitrogen and oxygen atoms in total. The van der Waals surface area contributed by atoms with Crippen LogP contribution in [-0.4, -0.2) is 36.0 Å². The average molecular weight is 368 g/mol. The van der Waals surface area contributed by atoms with E-state index < -0.39 is 17.8 Å². The molecule has 0 aliphatic heterocycles. The summed E-state index contributed by atoms with van der Waals surface area (Å²) in [6, 6.07) is 9.58. The van der Waals surface area contributed by atoms with Crippen LogP contribution in [0.5, 0.6) is 0 Å². The van der Waals surface area contributed by atoms with Crippen molar-refractivity contribution in [1.29, 1.82) is 0 Å². The second-order valence-electron chi connectivity index (χ2n) is 5.32. The van der Waals surface area contributed by atoms with E-state index in [4.69, 9.17) is 9.47 Å². The number of benzene rings is 1. The van der Waals surface area contributed by atoms with Gasteiger partial charge in [-0.15, -0.1) is 0 Å². The molecule has 1 heterocycles. The first-order valence-corrected chi connectivity index (χ1v) is 8.43. The highest BCUT2D eigenvalue weighted by atomic mass is 16.5. The molecule has 0 fully saturated rings. The van der Waals surface area contributed by atoms with Crippen LogP contribution in [0, 0.1) is 0 Å². The maximum absolute atomic E-state index is 12.1. The summed E-state index contributed by atoms with van der Waals surface area (Å²) in [5.41, 5.74) is 1.19. The van der Waals surface area contributed by atoms with Crippen LogP contribution in [0.3, 0.4) is 0 Å². The number of carbonyl (C=O) groups is 3. The predicted molar refractivity (Wildman–Crippen MR) is 100 cm³/mol. The van der Waals surface area contributed by atoms with Gasteiger partial charge in [0.05, 0.1) is 30.0 Å². The van der Waals surface area contributed by atoms with Gasteiger partial charge >= 0.3 is 11.9 Å². The molecule has 1 aromatic heterocycles. The second kappa shape index (κ2) is 9.86. The number of hydrogen-bond acceptors (Lipinski definition) is 6. The molecule has 1 aromatic carbocycles. The summed E-state index contributed by atoms with van der Waals surface area (Å²) in [4.78, 5) is 40.3. The number of pyridine rings is 1. The molecule has 27 heavy (non-hydrogen) atoms. The molecule has 0 atom stereocenters. The highest BCUT2D eigenvalue weighted by molar-refractivity contribution is 6.04. The lowest BCUT2D eigenvalue weighted by atomic mass is 10.1. The standard InChI is InChI=1S/C20H20N2O5/c1-3-26-19(24)14-11-15(20(25)27-4-2)13-17(12-14)22-18(23)9-8-16-7-5-6-10-21-16/h5-13H,3-4H2,1-2H3,(H,22,23)/b9-8-. The number of amides is 1. The first-order chi connectivity index (χ1) is 13.0. The van der Waals surface area contributed by atoms with Crippen molar-refractivity contribution in [2.75, 3.05) is 18.5 Å². The molecule has 1 N–H and O–H groups in total. The van der Waals surface area contributed by atoms with Crippen LogP contribution in [0.25, 0.3) is 6.08 Å². The van der Waals surface area contributed by atoms with Crippen molar-refractivity contribution in [2.24, 2.45) is 0 Å². The Morgan fingerprint density at radius 1 is 1.00 bits per heavy atom. The largest absolute Gasteiger partial charge is 0.462 e. The van der Waals surface area contributed by atoms with Crippen LogP contribution >= 0.6 is 0 Å². The number of carbonyl (C=O) groups excluding carboxylic acids is 3. The first kappa shape index (κ1) is 19.8. The molecule has 0 saturated heterocycles. The fourth-order valence-corrected chi connectivity index (χ4v) is 2.18. The van der Waals surface area contributed by atoms with Gasteiger partial charge in [0.1, 0.15) is 0 Å². The third kappa shape index (κ3) is 6.07. The molecule has 2 rings (SSSR count). The molecule has 0 spiro atoms. The zero-order valence-corrected chi connectivity index (χ0v) is 15.1. The zero-order valence-electron chi connectivity index (χ0n) is 15.1. The van der Waals surface area contributed by atoms with Gasteiger partial charge in [0.2, 0.25) is 5.91 Å². The Balaban J connectivity index is 2.23. The number of hydrogen-bond donors (Lipinski definition) is 1. The number of nitrogens with one attached hydrogen (secondary N) is 1. The van der Waals surface area contributed by atoms with E-state index in [1.165, 1.54) is 24.3 Å². The molecule has 0 radical (unpaired) electrons. The summed E-state index contributed by atoms with van der Waals surface area (Å²) >= 11 is 0. The van der Waals surface area contributed by atoms with Crippen molar-refractivity contribution in [2.45, 2.75) is 13.8 Å². The van der Waals surface area contributed by atoms with Crippen molar-refractivity contribution in [3.8, 4) is 0 Å². The van der Waals surface area contributed by atoms with Crippen LogP contribution in [0.15, 0.2) is 48.7 Å². The average Bonchev–Trinajstić information content (AvgIpc) is 2.67. The third-order valence-electron chi connectivity index (χ3n) is 3.32. The van der Waals surface area contributed by atoms with Gasteiger partial charge < -0.3 is 14.8 Å². The topological polar surface area (TPSA) is 94.6 Å². The van der Waals surface area contributed by atoms with Gasteiger partial charge in [-0.05, 0) is 50.3 Å². The number of nitrogens with zero attached hydrogens (tertiary/aromatic N) is 1. The lowest BCUT2D eigenvalue weighted by molar-refractivity contribution is -0.111. The molecular weight excluding hydrogens is 348 g/mol. The van der Waals surface area contributed by atoms with Crippen molar-refractivity contribution in [3.05, 3.63) is 65.5 Å². The van der Waals surface area contributed by atoms with Crippen molar-refractivity contribution >= 4 is 29.6 Å². The summed E-state index contributed by atoms with van der Waals surface area (Å²) in [5, 5.41) is 2.62.